The van der Waals surface area contributed by atoms with Crippen LogP contribution < -0.4 is 5.32 Å². The number of hydrogen-bond donors (Lipinski definition) is 2. The summed E-state index contributed by atoms with van der Waals surface area (Å²) in [7, 11) is -1.78. The van der Waals surface area contributed by atoms with Gasteiger partial charge in [0.15, 0.2) is 8.32 Å². The molecule has 0 aromatic rings. The molecule has 19 heavy (non-hydrogen) atoms. The molecule has 1 aliphatic heterocycles. The van der Waals surface area contributed by atoms with E-state index in [1.807, 2.05) is 0 Å². The van der Waals surface area contributed by atoms with E-state index in [4.69, 9.17) is 4.43 Å². The Labute approximate surface area is 117 Å². The zero-order chi connectivity index (χ0) is 14.7. The maximum absolute atomic E-state index is 11.3. The molecule has 1 heterocycles. The van der Waals surface area contributed by atoms with Gasteiger partial charge in [-0.15, -0.1) is 0 Å². The molecule has 1 atom stereocenters. The van der Waals surface area contributed by atoms with Crippen LogP contribution >= 0.6 is 0 Å². The summed E-state index contributed by atoms with van der Waals surface area (Å²) in [6, 6.07) is 0.0977. The van der Waals surface area contributed by atoms with E-state index in [1.54, 1.807) is 0 Å². The molecule has 1 aliphatic rings. The van der Waals surface area contributed by atoms with Crippen molar-refractivity contribution >= 4 is 14.4 Å². The van der Waals surface area contributed by atoms with E-state index in [-0.39, 0.29) is 11.1 Å². The summed E-state index contributed by atoms with van der Waals surface area (Å²) in [4.78, 5) is 12.8. The quantitative estimate of drug-likeness (QED) is 0.762. The first kappa shape index (κ1) is 16.5. The van der Waals surface area contributed by atoms with Crippen molar-refractivity contribution in [3.63, 3.8) is 0 Å². The first-order valence-electron chi connectivity index (χ1n) is 6.99. The third kappa shape index (κ3) is 4.47. The van der Waals surface area contributed by atoms with E-state index >= 15 is 0 Å². The number of hydrogen-bond acceptors (Lipinski definition) is 3. The predicted molar refractivity (Wildman–Crippen MR) is 79.2 cm³/mol. The maximum atomic E-state index is 11.3. The summed E-state index contributed by atoms with van der Waals surface area (Å²) in [5.41, 5.74) is 0. The molecule has 0 spiro atoms. The Morgan fingerprint density at radius 2 is 2.11 bits per heavy atom. The monoisotopic (exact) mass is 288 g/mol. The van der Waals surface area contributed by atoms with Crippen molar-refractivity contribution in [2.45, 2.75) is 51.4 Å². The minimum absolute atomic E-state index is 0.0977. The van der Waals surface area contributed by atoms with E-state index in [0.717, 1.165) is 19.5 Å². The van der Waals surface area contributed by atoms with Crippen LogP contribution in [0.3, 0.4) is 0 Å². The minimum Gasteiger partial charge on any atom is -0.465 e. The van der Waals surface area contributed by atoms with Crippen molar-refractivity contribution < 1.29 is 14.3 Å². The SMILES string of the molecule is CC(C)(C)[Si](C)(C)OCCN(C(=O)O)C1CCNC1. The lowest BCUT2D eigenvalue weighted by Crippen LogP contribution is -2.46. The molecule has 0 aliphatic carbocycles. The number of amides is 1. The van der Waals surface area contributed by atoms with Crippen molar-refractivity contribution in [2.75, 3.05) is 26.2 Å². The first-order valence-corrected chi connectivity index (χ1v) is 9.90. The number of carboxylic acid groups (broad SMARTS) is 1. The minimum atomic E-state index is -1.78. The van der Waals surface area contributed by atoms with Crippen LogP contribution in [0.5, 0.6) is 0 Å². The zero-order valence-corrected chi connectivity index (χ0v) is 13.8. The molecule has 0 radical (unpaired) electrons. The molecule has 112 valence electrons. The van der Waals surface area contributed by atoms with Gasteiger partial charge in [-0.2, -0.15) is 0 Å². The largest absolute Gasteiger partial charge is 0.465 e. The lowest BCUT2D eigenvalue weighted by atomic mass is 10.2. The molecule has 0 aromatic heterocycles. The zero-order valence-electron chi connectivity index (χ0n) is 12.8. The van der Waals surface area contributed by atoms with Gasteiger partial charge in [0.25, 0.3) is 0 Å². The standard InChI is InChI=1S/C13H28N2O3Si/c1-13(2,3)19(4,5)18-9-8-15(12(16)17)11-6-7-14-10-11/h11,14H,6-10H2,1-5H3,(H,16,17). The third-order valence-electron chi connectivity index (χ3n) is 4.32. The molecular weight excluding hydrogens is 260 g/mol. The van der Waals surface area contributed by atoms with Crippen LogP contribution in [0.4, 0.5) is 4.79 Å². The van der Waals surface area contributed by atoms with Gasteiger partial charge in [0.1, 0.15) is 0 Å². The summed E-state index contributed by atoms with van der Waals surface area (Å²) < 4.78 is 6.05. The van der Waals surface area contributed by atoms with Crippen molar-refractivity contribution in [2.24, 2.45) is 0 Å². The highest BCUT2D eigenvalue weighted by Gasteiger charge is 2.37. The molecule has 1 fully saturated rings. The van der Waals surface area contributed by atoms with Crippen molar-refractivity contribution in [1.82, 2.24) is 10.2 Å². The summed E-state index contributed by atoms with van der Waals surface area (Å²) in [6.45, 7) is 13.6. The van der Waals surface area contributed by atoms with Gasteiger partial charge in [0.05, 0.1) is 6.61 Å². The fourth-order valence-corrected chi connectivity index (χ4v) is 2.99. The van der Waals surface area contributed by atoms with Crippen LogP contribution in [-0.2, 0) is 4.43 Å². The van der Waals surface area contributed by atoms with Gasteiger partial charge in [-0.05, 0) is 31.1 Å². The molecule has 1 unspecified atom stereocenters. The second-order valence-electron chi connectivity index (χ2n) is 6.73. The molecule has 0 saturated carbocycles. The number of carbonyl (C=O) groups is 1. The molecule has 1 amide bonds. The Kier molecular flexibility index (Phi) is 5.40. The lowest BCUT2D eigenvalue weighted by Gasteiger charge is -2.37. The molecule has 1 rings (SSSR count). The fraction of sp³-hybridized carbons (Fsp3) is 0.923. The highest BCUT2D eigenvalue weighted by atomic mass is 28.4. The predicted octanol–water partition coefficient (Wildman–Crippen LogP) is 2.35. The summed E-state index contributed by atoms with van der Waals surface area (Å²) in [5, 5.41) is 12.6. The van der Waals surface area contributed by atoms with Crippen LogP contribution in [-0.4, -0.2) is 56.7 Å². The Bertz CT molecular complexity index is 310. The van der Waals surface area contributed by atoms with Gasteiger partial charge in [-0.1, -0.05) is 20.8 Å². The van der Waals surface area contributed by atoms with Crippen molar-refractivity contribution in [1.29, 1.82) is 0 Å². The second kappa shape index (κ2) is 6.24. The van der Waals surface area contributed by atoms with E-state index in [0.29, 0.717) is 13.2 Å². The summed E-state index contributed by atoms with van der Waals surface area (Å²) in [6.07, 6.45) is 0.0550. The van der Waals surface area contributed by atoms with E-state index < -0.39 is 14.4 Å². The Balaban J connectivity index is 2.47. The average molecular weight is 288 g/mol. The molecule has 0 aromatic carbocycles. The van der Waals surface area contributed by atoms with Gasteiger partial charge in [-0.3, -0.25) is 0 Å². The molecule has 2 N–H and O–H groups in total. The Hall–Kier alpha value is -0.593. The topological polar surface area (TPSA) is 61.8 Å². The average Bonchev–Trinajstić information content (AvgIpc) is 2.75. The molecule has 1 saturated heterocycles. The summed E-state index contributed by atoms with van der Waals surface area (Å²) in [5.74, 6) is 0. The van der Waals surface area contributed by atoms with Gasteiger partial charge in [-0.25, -0.2) is 4.79 Å². The van der Waals surface area contributed by atoms with Gasteiger partial charge in [0, 0.05) is 19.1 Å². The van der Waals surface area contributed by atoms with Gasteiger partial charge < -0.3 is 19.7 Å². The van der Waals surface area contributed by atoms with Crippen LogP contribution in [0.15, 0.2) is 0 Å². The fourth-order valence-electron chi connectivity index (χ4n) is 1.96. The van der Waals surface area contributed by atoms with Crippen molar-refractivity contribution in [3.05, 3.63) is 0 Å². The van der Waals surface area contributed by atoms with E-state index in [1.165, 1.54) is 4.90 Å². The molecule has 0 bridgehead atoms. The number of nitrogens with zero attached hydrogens (tertiary/aromatic N) is 1. The van der Waals surface area contributed by atoms with Crippen LogP contribution in [0.2, 0.25) is 18.1 Å². The smallest absolute Gasteiger partial charge is 0.407 e. The molecule has 6 heteroatoms. The Morgan fingerprint density at radius 1 is 1.47 bits per heavy atom. The van der Waals surface area contributed by atoms with E-state index in [2.05, 4.69) is 39.2 Å². The van der Waals surface area contributed by atoms with Crippen LogP contribution in [0.1, 0.15) is 27.2 Å². The van der Waals surface area contributed by atoms with Crippen LogP contribution in [0, 0.1) is 0 Å². The van der Waals surface area contributed by atoms with E-state index in [9.17, 15) is 9.90 Å². The number of rotatable bonds is 5. The second-order valence-corrected chi connectivity index (χ2v) is 11.5. The lowest BCUT2D eigenvalue weighted by molar-refractivity contribution is 0.115. The highest BCUT2D eigenvalue weighted by molar-refractivity contribution is 6.74. The number of nitrogens with one attached hydrogen (secondary N) is 1. The normalized spacial score (nSPS) is 20.6. The maximum Gasteiger partial charge on any atom is 0.407 e. The van der Waals surface area contributed by atoms with Gasteiger partial charge >= 0.3 is 6.09 Å². The van der Waals surface area contributed by atoms with Gasteiger partial charge in [0.2, 0.25) is 0 Å². The van der Waals surface area contributed by atoms with Crippen molar-refractivity contribution in [3.8, 4) is 0 Å². The molecule has 5 nitrogen and oxygen atoms in total. The van der Waals surface area contributed by atoms with Crippen LogP contribution in [0.25, 0.3) is 0 Å². The first-order chi connectivity index (χ1) is 8.65. The highest BCUT2D eigenvalue weighted by Crippen LogP contribution is 2.36. The third-order valence-corrected chi connectivity index (χ3v) is 8.86. The Morgan fingerprint density at radius 3 is 2.53 bits per heavy atom. The summed E-state index contributed by atoms with van der Waals surface area (Å²) >= 11 is 0. The molecular formula is C13H28N2O3Si.